The summed E-state index contributed by atoms with van der Waals surface area (Å²) in [5, 5.41) is 10.9. The van der Waals surface area contributed by atoms with Gasteiger partial charge in [0.15, 0.2) is 0 Å². The molecule has 0 saturated heterocycles. The number of nitrogens with zero attached hydrogens (tertiary/aromatic N) is 3. The summed E-state index contributed by atoms with van der Waals surface area (Å²) in [7, 11) is 1.78. The summed E-state index contributed by atoms with van der Waals surface area (Å²) in [5.41, 5.74) is 2.37. The van der Waals surface area contributed by atoms with Crippen LogP contribution in [0.5, 0.6) is 0 Å². The predicted octanol–water partition coefficient (Wildman–Crippen LogP) is 3.82. The molecule has 0 aliphatic rings. The first-order valence-corrected chi connectivity index (χ1v) is 8.58. The number of carbonyl (C=O) groups is 1. The molecule has 0 aliphatic carbocycles. The lowest BCUT2D eigenvalue weighted by Crippen LogP contribution is -2.32. The van der Waals surface area contributed by atoms with Crippen molar-refractivity contribution in [1.29, 1.82) is 0 Å². The second kappa shape index (κ2) is 8.09. The van der Waals surface area contributed by atoms with Crippen LogP contribution >= 0.6 is 0 Å². The fraction of sp³-hybridized carbons (Fsp3) is 0.250. The van der Waals surface area contributed by atoms with Crippen LogP contribution in [0.15, 0.2) is 52.9 Å². The number of halogens is 1. The van der Waals surface area contributed by atoms with E-state index in [4.69, 9.17) is 4.42 Å². The van der Waals surface area contributed by atoms with Crippen LogP contribution in [0, 0.1) is 12.7 Å². The van der Waals surface area contributed by atoms with E-state index in [1.807, 2.05) is 38.1 Å². The number of hydrogen-bond donors (Lipinski definition) is 1. The highest BCUT2D eigenvalue weighted by molar-refractivity contribution is 5.92. The Morgan fingerprint density at radius 3 is 2.74 bits per heavy atom. The Morgan fingerprint density at radius 2 is 2.00 bits per heavy atom. The summed E-state index contributed by atoms with van der Waals surface area (Å²) in [6.07, 6.45) is 0. The minimum absolute atomic E-state index is 0.0971. The van der Waals surface area contributed by atoms with Crippen molar-refractivity contribution < 1.29 is 13.6 Å². The largest absolute Gasteiger partial charge is 0.419 e. The number of aryl methyl sites for hydroxylation is 1. The number of benzene rings is 2. The van der Waals surface area contributed by atoms with Crippen molar-refractivity contribution >= 4 is 11.6 Å². The van der Waals surface area contributed by atoms with E-state index in [2.05, 4.69) is 15.5 Å². The molecule has 7 heteroatoms. The van der Waals surface area contributed by atoms with Crippen molar-refractivity contribution in [1.82, 2.24) is 15.1 Å². The maximum absolute atomic E-state index is 13.2. The average Bonchev–Trinajstić information content (AvgIpc) is 3.11. The molecular formula is C20H21FN4O2. The van der Waals surface area contributed by atoms with Crippen LogP contribution in [0.4, 0.5) is 10.1 Å². The monoisotopic (exact) mass is 368 g/mol. The van der Waals surface area contributed by atoms with E-state index in [9.17, 15) is 9.18 Å². The third kappa shape index (κ3) is 4.77. The van der Waals surface area contributed by atoms with Gasteiger partial charge in [-0.15, -0.1) is 10.2 Å². The van der Waals surface area contributed by atoms with Gasteiger partial charge < -0.3 is 9.73 Å². The van der Waals surface area contributed by atoms with E-state index in [0.717, 1.165) is 11.1 Å². The summed E-state index contributed by atoms with van der Waals surface area (Å²) in [6, 6.07) is 13.3. The molecule has 2 aromatic carbocycles. The summed E-state index contributed by atoms with van der Waals surface area (Å²) < 4.78 is 19.0. The molecule has 0 saturated carbocycles. The van der Waals surface area contributed by atoms with E-state index in [1.54, 1.807) is 24.1 Å². The lowest BCUT2D eigenvalue weighted by molar-refractivity contribution is -0.117. The van der Waals surface area contributed by atoms with E-state index < -0.39 is 5.82 Å². The highest BCUT2D eigenvalue weighted by atomic mass is 19.1. The molecular weight excluding hydrogens is 347 g/mol. The number of likely N-dealkylation sites (N-methyl/N-ethyl adjacent to an activating group) is 1. The zero-order valence-corrected chi connectivity index (χ0v) is 15.4. The SMILES string of the molecule is Cc1cccc(-c2nnc([C@H](C)N(C)CC(=O)Nc3cccc(F)c3)o2)c1. The fourth-order valence-electron chi connectivity index (χ4n) is 2.62. The number of nitrogens with one attached hydrogen (secondary N) is 1. The first-order chi connectivity index (χ1) is 12.9. The molecule has 6 nitrogen and oxygen atoms in total. The van der Waals surface area contributed by atoms with Gasteiger partial charge in [0.1, 0.15) is 5.82 Å². The molecule has 0 aliphatic heterocycles. The third-order valence-corrected chi connectivity index (χ3v) is 4.23. The van der Waals surface area contributed by atoms with Crippen molar-refractivity contribution in [3.05, 3.63) is 65.8 Å². The van der Waals surface area contributed by atoms with Crippen molar-refractivity contribution in [2.45, 2.75) is 19.9 Å². The van der Waals surface area contributed by atoms with Gasteiger partial charge in [-0.05, 0) is 51.2 Å². The average molecular weight is 368 g/mol. The van der Waals surface area contributed by atoms with Crippen LogP contribution < -0.4 is 5.32 Å². The van der Waals surface area contributed by atoms with Crippen molar-refractivity contribution in [3.8, 4) is 11.5 Å². The Hall–Kier alpha value is -3.06. The normalized spacial score (nSPS) is 12.2. The molecule has 0 radical (unpaired) electrons. The van der Waals surface area contributed by atoms with Crippen LogP contribution in [0.25, 0.3) is 11.5 Å². The zero-order valence-electron chi connectivity index (χ0n) is 15.4. The Kier molecular flexibility index (Phi) is 5.61. The summed E-state index contributed by atoms with van der Waals surface area (Å²) in [4.78, 5) is 14.0. The van der Waals surface area contributed by atoms with E-state index >= 15 is 0 Å². The van der Waals surface area contributed by atoms with E-state index in [0.29, 0.717) is 17.5 Å². The van der Waals surface area contributed by atoms with Gasteiger partial charge in [0.05, 0.1) is 12.6 Å². The van der Waals surface area contributed by atoms with Gasteiger partial charge >= 0.3 is 0 Å². The van der Waals surface area contributed by atoms with Crippen LogP contribution in [-0.4, -0.2) is 34.6 Å². The maximum atomic E-state index is 13.2. The number of carbonyl (C=O) groups excluding carboxylic acids is 1. The molecule has 1 aromatic heterocycles. The number of aromatic nitrogens is 2. The zero-order chi connectivity index (χ0) is 19.4. The van der Waals surface area contributed by atoms with Crippen LogP contribution in [0.1, 0.15) is 24.4 Å². The molecule has 0 spiro atoms. The minimum Gasteiger partial charge on any atom is -0.419 e. The predicted molar refractivity (Wildman–Crippen MR) is 101 cm³/mol. The van der Waals surface area contributed by atoms with Crippen molar-refractivity contribution in [3.63, 3.8) is 0 Å². The number of hydrogen-bond acceptors (Lipinski definition) is 5. The van der Waals surface area contributed by atoms with E-state index in [-0.39, 0.29) is 18.5 Å². The molecule has 27 heavy (non-hydrogen) atoms. The third-order valence-electron chi connectivity index (χ3n) is 4.23. The lowest BCUT2D eigenvalue weighted by Gasteiger charge is -2.21. The first-order valence-electron chi connectivity index (χ1n) is 8.58. The van der Waals surface area contributed by atoms with Crippen molar-refractivity contribution in [2.24, 2.45) is 0 Å². The highest BCUT2D eigenvalue weighted by Gasteiger charge is 2.21. The van der Waals surface area contributed by atoms with Gasteiger partial charge in [-0.3, -0.25) is 9.69 Å². The van der Waals surface area contributed by atoms with Crippen molar-refractivity contribution in [2.75, 3.05) is 18.9 Å². The second-order valence-electron chi connectivity index (χ2n) is 6.46. The Labute approximate surface area is 157 Å². The fourth-order valence-corrected chi connectivity index (χ4v) is 2.62. The molecule has 1 N–H and O–H groups in total. The quantitative estimate of drug-likeness (QED) is 0.716. The number of anilines is 1. The summed E-state index contributed by atoms with van der Waals surface area (Å²) in [5.74, 6) is 0.211. The topological polar surface area (TPSA) is 71.3 Å². The van der Waals surface area contributed by atoms with Crippen LogP contribution in [0.2, 0.25) is 0 Å². The van der Waals surface area contributed by atoms with E-state index in [1.165, 1.54) is 12.1 Å². The Bertz CT molecular complexity index is 941. The van der Waals surface area contributed by atoms with Gasteiger partial charge in [0.2, 0.25) is 17.7 Å². The molecule has 3 aromatic rings. The van der Waals surface area contributed by atoms with Gasteiger partial charge in [-0.2, -0.15) is 0 Å². The van der Waals surface area contributed by atoms with Crippen LogP contribution in [0.3, 0.4) is 0 Å². The summed E-state index contributed by atoms with van der Waals surface area (Å²) >= 11 is 0. The highest BCUT2D eigenvalue weighted by Crippen LogP contribution is 2.23. The first kappa shape index (κ1) is 18.7. The molecule has 1 amide bonds. The molecule has 1 heterocycles. The van der Waals surface area contributed by atoms with Gasteiger partial charge in [-0.25, -0.2) is 4.39 Å². The smallest absolute Gasteiger partial charge is 0.247 e. The lowest BCUT2D eigenvalue weighted by atomic mass is 10.1. The van der Waals surface area contributed by atoms with Gasteiger partial charge in [0.25, 0.3) is 0 Å². The molecule has 0 bridgehead atoms. The molecule has 1 atom stereocenters. The molecule has 0 unspecified atom stereocenters. The molecule has 0 fully saturated rings. The van der Waals surface area contributed by atoms with Crippen LogP contribution in [-0.2, 0) is 4.79 Å². The molecule has 140 valence electrons. The Morgan fingerprint density at radius 1 is 1.22 bits per heavy atom. The molecule has 3 rings (SSSR count). The number of amides is 1. The van der Waals surface area contributed by atoms with Gasteiger partial charge in [0, 0.05) is 11.3 Å². The maximum Gasteiger partial charge on any atom is 0.247 e. The summed E-state index contributed by atoms with van der Waals surface area (Å²) in [6.45, 7) is 3.97. The van der Waals surface area contributed by atoms with Gasteiger partial charge in [-0.1, -0.05) is 23.8 Å². The Balaban J connectivity index is 1.63. The second-order valence-corrected chi connectivity index (χ2v) is 6.46. The number of rotatable bonds is 6. The standard InChI is InChI=1S/C20H21FN4O2/c1-13-6-4-7-15(10-13)20-24-23-19(27-20)14(2)25(3)12-18(26)22-17-9-5-8-16(21)11-17/h4-11,14H,12H2,1-3H3,(H,22,26)/t14-/m0/s1. The minimum atomic E-state index is -0.399.